The van der Waals surface area contributed by atoms with Crippen LogP contribution in [-0.4, -0.2) is 48.3 Å². The second-order valence-corrected chi connectivity index (χ2v) is 9.62. The number of esters is 1. The molecule has 1 N–H and O–H groups in total. The highest BCUT2D eigenvalue weighted by molar-refractivity contribution is 5.83. The number of rotatable bonds is 7. The van der Waals surface area contributed by atoms with Crippen LogP contribution >= 0.6 is 0 Å². The van der Waals surface area contributed by atoms with Crippen molar-refractivity contribution < 1.29 is 19.4 Å². The highest BCUT2D eigenvalue weighted by Gasteiger charge is 2.23. The van der Waals surface area contributed by atoms with E-state index in [9.17, 15) is 9.90 Å². The maximum atomic E-state index is 11.6. The number of hydrogen-bond donors (Lipinski definition) is 1. The van der Waals surface area contributed by atoms with E-state index in [1.807, 2.05) is 30.3 Å². The van der Waals surface area contributed by atoms with Crippen molar-refractivity contribution in [2.75, 3.05) is 26.2 Å². The van der Waals surface area contributed by atoms with Gasteiger partial charge in [0.05, 0.1) is 0 Å². The fourth-order valence-electron chi connectivity index (χ4n) is 5.11. The van der Waals surface area contributed by atoms with Gasteiger partial charge in [-0.2, -0.15) is 0 Å². The molecule has 35 heavy (non-hydrogen) atoms. The zero-order chi connectivity index (χ0) is 24.0. The Bertz CT molecular complexity index is 1200. The summed E-state index contributed by atoms with van der Waals surface area (Å²) in [6.45, 7) is 2.78. The van der Waals surface area contributed by atoms with Crippen molar-refractivity contribution in [1.29, 1.82) is 0 Å². The van der Waals surface area contributed by atoms with Crippen LogP contribution in [0, 0.1) is 0 Å². The van der Waals surface area contributed by atoms with Gasteiger partial charge in [0.2, 0.25) is 0 Å². The van der Waals surface area contributed by atoms with Gasteiger partial charge in [0.25, 0.3) is 0 Å². The Morgan fingerprint density at radius 2 is 1.77 bits per heavy atom. The van der Waals surface area contributed by atoms with Crippen molar-refractivity contribution in [1.82, 2.24) is 4.90 Å². The lowest BCUT2D eigenvalue weighted by Gasteiger charge is -2.33. The van der Waals surface area contributed by atoms with Gasteiger partial charge in [-0.1, -0.05) is 60.7 Å². The van der Waals surface area contributed by atoms with E-state index in [4.69, 9.17) is 9.47 Å². The summed E-state index contributed by atoms with van der Waals surface area (Å²) in [4.78, 5) is 13.9. The summed E-state index contributed by atoms with van der Waals surface area (Å²) >= 11 is 0. The fourth-order valence-corrected chi connectivity index (χ4v) is 5.11. The Balaban J connectivity index is 1.12. The molecule has 2 saturated heterocycles. The highest BCUT2D eigenvalue weighted by Crippen LogP contribution is 2.30. The average molecular weight is 472 g/mol. The molecule has 0 aromatic heterocycles. The number of nitrogens with zero attached hydrogens (tertiary/aromatic N) is 1. The molecule has 3 aromatic rings. The monoisotopic (exact) mass is 471 g/mol. The number of piperidine rings is 1. The number of aliphatic hydroxyl groups is 1. The predicted octanol–water partition coefficient (Wildman–Crippen LogP) is 5.53. The first-order chi connectivity index (χ1) is 17.1. The molecule has 1 atom stereocenters. The molecule has 2 heterocycles. The van der Waals surface area contributed by atoms with Crippen molar-refractivity contribution in [3.05, 3.63) is 83.6 Å². The van der Waals surface area contributed by atoms with Crippen molar-refractivity contribution in [2.24, 2.45) is 0 Å². The number of cyclic esters (lactones) is 1. The molecule has 0 saturated carbocycles. The highest BCUT2D eigenvalue weighted by atomic mass is 16.5. The minimum atomic E-state index is -0.569. The standard InChI is InChI=1S/C30H33NO4/c32-27(21-34-29-10-4-3-8-26(29)19-28-9-5-11-30(33)35-28)20-31-16-14-23(15-17-31)25-13-12-22-6-1-2-7-24(22)18-25/h1-4,6-8,10,12-13,18-19,23,27,32H,5,9,11,14-17,20-21H2/t27-/m0/s1. The Morgan fingerprint density at radius 1 is 1.00 bits per heavy atom. The minimum Gasteiger partial charge on any atom is -0.490 e. The van der Waals surface area contributed by atoms with Crippen molar-refractivity contribution in [2.45, 2.75) is 44.1 Å². The number of allylic oxidation sites excluding steroid dienone is 1. The average Bonchev–Trinajstić information content (AvgIpc) is 2.88. The number of para-hydroxylation sites is 1. The molecule has 3 aromatic carbocycles. The first-order valence-corrected chi connectivity index (χ1v) is 12.7. The minimum absolute atomic E-state index is 0.180. The van der Waals surface area contributed by atoms with Gasteiger partial charge in [0.1, 0.15) is 24.2 Å². The van der Waals surface area contributed by atoms with Gasteiger partial charge in [-0.15, -0.1) is 0 Å². The maximum Gasteiger partial charge on any atom is 0.310 e. The van der Waals surface area contributed by atoms with Crippen molar-refractivity contribution in [3.63, 3.8) is 0 Å². The van der Waals surface area contributed by atoms with E-state index >= 15 is 0 Å². The first-order valence-electron chi connectivity index (χ1n) is 12.7. The molecule has 182 valence electrons. The van der Waals surface area contributed by atoms with Crippen LogP contribution in [0.3, 0.4) is 0 Å². The van der Waals surface area contributed by atoms with E-state index in [0.717, 1.165) is 44.3 Å². The van der Waals surface area contributed by atoms with Crippen LogP contribution in [0.4, 0.5) is 0 Å². The van der Waals surface area contributed by atoms with E-state index < -0.39 is 6.10 Å². The van der Waals surface area contributed by atoms with Gasteiger partial charge in [-0.3, -0.25) is 4.79 Å². The number of fused-ring (bicyclic) bond motifs is 1. The summed E-state index contributed by atoms with van der Waals surface area (Å²) in [7, 11) is 0. The molecule has 2 aliphatic heterocycles. The second kappa shape index (κ2) is 11.1. The number of ether oxygens (including phenoxy) is 2. The van der Waals surface area contributed by atoms with E-state index in [1.54, 1.807) is 0 Å². The third-order valence-corrected chi connectivity index (χ3v) is 7.02. The fraction of sp³-hybridized carbons (Fsp3) is 0.367. The van der Waals surface area contributed by atoms with Crippen LogP contribution in [-0.2, 0) is 9.53 Å². The van der Waals surface area contributed by atoms with Gasteiger partial charge in [-0.05, 0) is 66.7 Å². The Labute approximate surface area is 207 Å². The molecule has 2 aliphatic rings. The number of hydrogen-bond acceptors (Lipinski definition) is 5. The summed E-state index contributed by atoms with van der Waals surface area (Å²) < 4.78 is 11.3. The van der Waals surface area contributed by atoms with Crippen LogP contribution in [0.15, 0.2) is 72.5 Å². The summed E-state index contributed by atoms with van der Waals surface area (Å²) in [6, 6.07) is 23.0. The molecular formula is C30H33NO4. The number of β-amino-alcohol motifs (C(OH)–C–C–N with tert-alkyl or cyclic N) is 1. The Hall–Kier alpha value is -3.15. The van der Waals surface area contributed by atoms with Gasteiger partial charge in [-0.25, -0.2) is 0 Å². The summed E-state index contributed by atoms with van der Waals surface area (Å²) in [5.41, 5.74) is 2.28. The lowest BCUT2D eigenvalue weighted by atomic mass is 9.88. The van der Waals surface area contributed by atoms with Crippen LogP contribution in [0.1, 0.15) is 49.1 Å². The lowest BCUT2D eigenvalue weighted by molar-refractivity contribution is -0.141. The van der Waals surface area contributed by atoms with Crippen LogP contribution in [0.2, 0.25) is 0 Å². The second-order valence-electron chi connectivity index (χ2n) is 9.62. The van der Waals surface area contributed by atoms with E-state index in [2.05, 4.69) is 47.4 Å². The molecule has 0 spiro atoms. The zero-order valence-corrected chi connectivity index (χ0v) is 20.1. The van der Waals surface area contributed by atoms with Crippen LogP contribution in [0.25, 0.3) is 16.8 Å². The molecule has 0 aliphatic carbocycles. The molecule has 0 bridgehead atoms. The molecular weight excluding hydrogens is 438 g/mol. The summed E-state index contributed by atoms with van der Waals surface area (Å²) in [5, 5.41) is 13.2. The SMILES string of the molecule is O=C1CCCC(=Cc2ccccc2OC[C@@H](O)CN2CCC(c3ccc4ccccc4c3)CC2)O1. The number of aliphatic hydroxyl groups excluding tert-OH is 1. The molecule has 2 fully saturated rings. The van der Waals surface area contributed by atoms with Gasteiger partial charge in [0, 0.05) is 24.9 Å². The Morgan fingerprint density at radius 3 is 2.60 bits per heavy atom. The van der Waals surface area contributed by atoms with Gasteiger partial charge < -0.3 is 19.5 Å². The van der Waals surface area contributed by atoms with E-state index in [1.165, 1.54) is 16.3 Å². The van der Waals surface area contributed by atoms with Crippen LogP contribution in [0.5, 0.6) is 5.75 Å². The topological polar surface area (TPSA) is 59.0 Å². The number of carbonyl (C=O) groups excluding carboxylic acids is 1. The third kappa shape index (κ3) is 6.11. The normalized spacial score (nSPS) is 19.6. The smallest absolute Gasteiger partial charge is 0.310 e. The van der Waals surface area contributed by atoms with Gasteiger partial charge in [0.15, 0.2) is 0 Å². The van der Waals surface area contributed by atoms with Crippen LogP contribution < -0.4 is 4.74 Å². The largest absolute Gasteiger partial charge is 0.490 e. The third-order valence-electron chi connectivity index (χ3n) is 7.02. The molecule has 0 unspecified atom stereocenters. The van der Waals surface area contributed by atoms with Crippen molar-refractivity contribution >= 4 is 22.8 Å². The quantitative estimate of drug-likeness (QED) is 0.460. The Kier molecular flexibility index (Phi) is 7.45. The lowest BCUT2D eigenvalue weighted by Crippen LogP contribution is -2.40. The van der Waals surface area contributed by atoms with Crippen molar-refractivity contribution in [3.8, 4) is 5.75 Å². The van der Waals surface area contributed by atoms with E-state index in [-0.39, 0.29) is 12.6 Å². The maximum absolute atomic E-state index is 11.6. The molecule has 5 heteroatoms. The number of likely N-dealkylation sites (tertiary alicyclic amines) is 1. The van der Waals surface area contributed by atoms with E-state index in [0.29, 0.717) is 30.4 Å². The number of benzene rings is 3. The summed E-state index contributed by atoms with van der Waals surface area (Å²) in [5.74, 6) is 1.75. The predicted molar refractivity (Wildman–Crippen MR) is 138 cm³/mol. The van der Waals surface area contributed by atoms with Gasteiger partial charge >= 0.3 is 5.97 Å². The number of carbonyl (C=O) groups is 1. The molecule has 0 radical (unpaired) electrons. The zero-order valence-electron chi connectivity index (χ0n) is 20.1. The summed E-state index contributed by atoms with van der Waals surface area (Å²) in [6.07, 6.45) is 5.53. The molecule has 5 nitrogen and oxygen atoms in total. The first kappa shape index (κ1) is 23.6. The molecule has 5 rings (SSSR count). The molecule has 0 amide bonds.